The van der Waals surface area contributed by atoms with Crippen molar-refractivity contribution < 1.29 is 9.47 Å². The Bertz CT molecular complexity index is 633. The number of rotatable bonds is 6. The van der Waals surface area contributed by atoms with E-state index < -0.39 is 0 Å². The molecule has 3 heterocycles. The molecule has 0 saturated carbocycles. The number of aromatic nitrogens is 1. The SMILES string of the molecule is CN=C(NCc1ccnc(N2CCOC(C)C2)c1)N(C)CCC1CCOCC1. The van der Waals surface area contributed by atoms with E-state index in [1.807, 2.05) is 13.2 Å². The molecule has 0 amide bonds. The number of anilines is 1. The van der Waals surface area contributed by atoms with Crippen LogP contribution in [0.3, 0.4) is 0 Å². The molecular formula is C21H35N5O2. The zero-order valence-corrected chi connectivity index (χ0v) is 17.6. The standard InChI is InChI=1S/C21H35N5O2/c1-17-16-26(10-13-28-17)20-14-19(4-8-23-20)15-24-21(22-2)25(3)9-5-18-6-11-27-12-7-18/h4,8,14,17-18H,5-7,9-13,15-16H2,1-3H3,(H,22,24). The number of hydrogen-bond acceptors (Lipinski definition) is 5. The second-order valence-electron chi connectivity index (χ2n) is 7.82. The van der Waals surface area contributed by atoms with Gasteiger partial charge in [-0.3, -0.25) is 4.99 Å². The lowest BCUT2D eigenvalue weighted by molar-refractivity contribution is 0.0529. The molecule has 2 saturated heterocycles. The molecule has 0 spiro atoms. The summed E-state index contributed by atoms with van der Waals surface area (Å²) in [7, 11) is 3.96. The van der Waals surface area contributed by atoms with E-state index in [1.54, 1.807) is 0 Å². The van der Waals surface area contributed by atoms with Crippen molar-refractivity contribution in [2.75, 3.05) is 58.5 Å². The Kier molecular flexibility index (Phi) is 7.91. The summed E-state index contributed by atoms with van der Waals surface area (Å²) in [4.78, 5) is 13.5. The van der Waals surface area contributed by atoms with Crippen LogP contribution in [0.1, 0.15) is 31.7 Å². The van der Waals surface area contributed by atoms with Crippen molar-refractivity contribution in [3.63, 3.8) is 0 Å². The number of pyridine rings is 1. The maximum atomic E-state index is 5.64. The maximum absolute atomic E-state index is 5.64. The molecule has 1 aromatic heterocycles. The minimum Gasteiger partial charge on any atom is -0.381 e. The van der Waals surface area contributed by atoms with Gasteiger partial charge in [-0.25, -0.2) is 4.98 Å². The van der Waals surface area contributed by atoms with E-state index in [-0.39, 0.29) is 6.10 Å². The lowest BCUT2D eigenvalue weighted by Crippen LogP contribution is -2.41. The highest BCUT2D eigenvalue weighted by Crippen LogP contribution is 2.19. The number of hydrogen-bond donors (Lipinski definition) is 1. The molecule has 1 atom stereocenters. The van der Waals surface area contributed by atoms with Gasteiger partial charge in [-0.1, -0.05) is 0 Å². The highest BCUT2D eigenvalue weighted by Gasteiger charge is 2.18. The molecule has 1 unspecified atom stereocenters. The van der Waals surface area contributed by atoms with Crippen molar-refractivity contribution in [3.05, 3.63) is 23.9 Å². The topological polar surface area (TPSA) is 62.2 Å². The maximum Gasteiger partial charge on any atom is 0.193 e. The molecule has 2 aliphatic rings. The van der Waals surface area contributed by atoms with E-state index in [4.69, 9.17) is 9.47 Å². The molecule has 0 bridgehead atoms. The number of nitrogens with one attached hydrogen (secondary N) is 1. The molecule has 2 fully saturated rings. The first-order valence-corrected chi connectivity index (χ1v) is 10.5. The van der Waals surface area contributed by atoms with Gasteiger partial charge in [0.15, 0.2) is 5.96 Å². The molecule has 7 heteroatoms. The first-order valence-electron chi connectivity index (χ1n) is 10.5. The van der Waals surface area contributed by atoms with Crippen LogP contribution in [0.25, 0.3) is 0 Å². The van der Waals surface area contributed by atoms with Crippen LogP contribution < -0.4 is 10.2 Å². The fourth-order valence-corrected chi connectivity index (χ4v) is 3.85. The van der Waals surface area contributed by atoms with Crippen LogP contribution in [0.4, 0.5) is 5.82 Å². The molecule has 2 aliphatic heterocycles. The molecule has 28 heavy (non-hydrogen) atoms. The highest BCUT2D eigenvalue weighted by molar-refractivity contribution is 5.79. The van der Waals surface area contributed by atoms with Crippen LogP contribution in [-0.4, -0.2) is 75.5 Å². The largest absolute Gasteiger partial charge is 0.381 e. The van der Waals surface area contributed by atoms with Crippen LogP contribution >= 0.6 is 0 Å². The second kappa shape index (κ2) is 10.6. The van der Waals surface area contributed by atoms with Crippen LogP contribution in [0.2, 0.25) is 0 Å². The predicted octanol–water partition coefficient (Wildman–Crippen LogP) is 2.13. The van der Waals surface area contributed by atoms with Crippen molar-refractivity contribution in [3.8, 4) is 0 Å². The summed E-state index contributed by atoms with van der Waals surface area (Å²) in [5.74, 6) is 2.73. The summed E-state index contributed by atoms with van der Waals surface area (Å²) in [6.45, 7) is 8.22. The second-order valence-corrected chi connectivity index (χ2v) is 7.82. The minimum atomic E-state index is 0.250. The van der Waals surface area contributed by atoms with Crippen molar-refractivity contribution in [2.45, 2.75) is 38.8 Å². The van der Waals surface area contributed by atoms with E-state index >= 15 is 0 Å². The van der Waals surface area contributed by atoms with Gasteiger partial charge in [0.05, 0.1) is 12.7 Å². The Morgan fingerprint density at radius 3 is 2.93 bits per heavy atom. The van der Waals surface area contributed by atoms with Gasteiger partial charge < -0.3 is 24.6 Å². The molecule has 0 aliphatic carbocycles. The van der Waals surface area contributed by atoms with Crippen molar-refractivity contribution in [1.29, 1.82) is 0 Å². The monoisotopic (exact) mass is 389 g/mol. The summed E-state index contributed by atoms with van der Waals surface area (Å²) in [6.07, 6.45) is 5.69. The third-order valence-electron chi connectivity index (χ3n) is 5.61. The molecule has 3 rings (SSSR count). The van der Waals surface area contributed by atoms with Crippen molar-refractivity contribution in [1.82, 2.24) is 15.2 Å². The zero-order valence-electron chi connectivity index (χ0n) is 17.6. The summed E-state index contributed by atoms with van der Waals surface area (Å²) < 4.78 is 11.1. The number of morpholine rings is 1. The Labute approximate surface area is 169 Å². The first kappa shape index (κ1) is 20.9. The number of guanidine groups is 1. The smallest absolute Gasteiger partial charge is 0.193 e. The average Bonchev–Trinajstić information content (AvgIpc) is 2.73. The van der Waals surface area contributed by atoms with Crippen LogP contribution in [-0.2, 0) is 16.0 Å². The van der Waals surface area contributed by atoms with Gasteiger partial charge in [0.1, 0.15) is 5.82 Å². The van der Waals surface area contributed by atoms with Gasteiger partial charge in [-0.2, -0.15) is 0 Å². The normalized spacial score (nSPS) is 21.6. The molecule has 7 nitrogen and oxygen atoms in total. The van der Waals surface area contributed by atoms with Gasteiger partial charge >= 0.3 is 0 Å². The molecule has 156 valence electrons. The molecule has 0 aromatic carbocycles. The minimum absolute atomic E-state index is 0.250. The van der Waals surface area contributed by atoms with E-state index in [0.29, 0.717) is 0 Å². The van der Waals surface area contributed by atoms with Crippen LogP contribution in [0.15, 0.2) is 23.3 Å². The molecule has 1 N–H and O–H groups in total. The number of ether oxygens (including phenoxy) is 2. The number of aliphatic imine (C=N–C) groups is 1. The zero-order chi connectivity index (χ0) is 19.8. The van der Waals surface area contributed by atoms with E-state index in [9.17, 15) is 0 Å². The number of nitrogens with zero attached hydrogens (tertiary/aromatic N) is 4. The quantitative estimate of drug-likeness (QED) is 0.594. The Morgan fingerprint density at radius 2 is 2.18 bits per heavy atom. The van der Waals surface area contributed by atoms with Crippen molar-refractivity contribution >= 4 is 11.8 Å². The summed E-state index contributed by atoms with van der Waals surface area (Å²) in [5, 5.41) is 3.49. The van der Waals surface area contributed by atoms with E-state index in [0.717, 1.165) is 63.7 Å². The Balaban J connectivity index is 1.49. The first-order chi connectivity index (χ1) is 13.7. The Morgan fingerprint density at radius 1 is 1.36 bits per heavy atom. The van der Waals surface area contributed by atoms with Crippen LogP contribution in [0.5, 0.6) is 0 Å². The van der Waals surface area contributed by atoms with Crippen LogP contribution in [0, 0.1) is 5.92 Å². The van der Waals surface area contributed by atoms with Gasteiger partial charge in [0.2, 0.25) is 0 Å². The summed E-state index contributed by atoms with van der Waals surface area (Å²) in [5.41, 5.74) is 1.21. The summed E-state index contributed by atoms with van der Waals surface area (Å²) >= 11 is 0. The highest BCUT2D eigenvalue weighted by atomic mass is 16.5. The van der Waals surface area contributed by atoms with Crippen molar-refractivity contribution in [2.24, 2.45) is 10.9 Å². The molecule has 1 aromatic rings. The lowest BCUT2D eigenvalue weighted by atomic mass is 9.96. The third kappa shape index (κ3) is 6.07. The lowest BCUT2D eigenvalue weighted by Gasteiger charge is -2.32. The van der Waals surface area contributed by atoms with E-state index in [1.165, 1.54) is 24.8 Å². The predicted molar refractivity (Wildman–Crippen MR) is 113 cm³/mol. The summed E-state index contributed by atoms with van der Waals surface area (Å²) in [6, 6.07) is 4.23. The third-order valence-corrected chi connectivity index (χ3v) is 5.61. The van der Waals surface area contributed by atoms with Gasteiger partial charge in [0, 0.05) is 59.7 Å². The van der Waals surface area contributed by atoms with Gasteiger partial charge in [-0.15, -0.1) is 0 Å². The van der Waals surface area contributed by atoms with Gasteiger partial charge in [-0.05, 0) is 49.8 Å². The molecular weight excluding hydrogens is 354 g/mol. The van der Waals surface area contributed by atoms with Gasteiger partial charge in [0.25, 0.3) is 0 Å². The Hall–Kier alpha value is -1.86. The van der Waals surface area contributed by atoms with E-state index in [2.05, 4.69) is 51.2 Å². The average molecular weight is 390 g/mol. The fraction of sp³-hybridized carbons (Fsp3) is 0.714. The fourth-order valence-electron chi connectivity index (χ4n) is 3.85. The molecule has 0 radical (unpaired) electrons.